The summed E-state index contributed by atoms with van der Waals surface area (Å²) in [5, 5.41) is 0. The van der Waals surface area contributed by atoms with Crippen LogP contribution in [0.2, 0.25) is 0 Å². The molecule has 1 aliphatic heterocycles. The van der Waals surface area contributed by atoms with Gasteiger partial charge in [0.2, 0.25) is 5.91 Å². The van der Waals surface area contributed by atoms with Crippen LogP contribution in [0, 0.1) is 0 Å². The van der Waals surface area contributed by atoms with E-state index in [-0.39, 0.29) is 11.9 Å². The number of hydrogen-bond donors (Lipinski definition) is 2. The van der Waals surface area contributed by atoms with Crippen molar-refractivity contribution in [3.8, 4) is 0 Å². The molecule has 86 valence electrons. The van der Waals surface area contributed by atoms with Crippen LogP contribution in [0.3, 0.4) is 0 Å². The summed E-state index contributed by atoms with van der Waals surface area (Å²) < 4.78 is 5.22. The highest BCUT2D eigenvalue weighted by Gasteiger charge is 2.33. The number of primary amides is 1. The summed E-state index contributed by atoms with van der Waals surface area (Å²) in [4.78, 5) is 13.6. The lowest BCUT2D eigenvalue weighted by molar-refractivity contribution is -0.130. The van der Waals surface area contributed by atoms with Gasteiger partial charge in [0.1, 0.15) is 6.04 Å². The molecule has 0 radical (unpaired) electrons. The van der Waals surface area contributed by atoms with Crippen molar-refractivity contribution < 1.29 is 9.53 Å². The van der Waals surface area contributed by atoms with E-state index in [2.05, 4.69) is 0 Å². The predicted octanol–water partition coefficient (Wildman–Crippen LogP) is -0.763. The van der Waals surface area contributed by atoms with Gasteiger partial charge < -0.3 is 16.2 Å². The third-order valence-electron chi connectivity index (χ3n) is 2.61. The number of carbonyl (C=O) groups is 1. The molecule has 1 saturated heterocycles. The van der Waals surface area contributed by atoms with E-state index in [1.54, 1.807) is 0 Å². The van der Waals surface area contributed by atoms with Gasteiger partial charge in [0.25, 0.3) is 0 Å². The summed E-state index contributed by atoms with van der Waals surface area (Å²) in [6.07, 6.45) is 0.777. The van der Waals surface area contributed by atoms with E-state index < -0.39 is 6.04 Å². The summed E-state index contributed by atoms with van der Waals surface area (Å²) in [7, 11) is 0. The highest BCUT2D eigenvalue weighted by atomic mass is 32.1. The van der Waals surface area contributed by atoms with Gasteiger partial charge in [0.15, 0.2) is 0 Å². The van der Waals surface area contributed by atoms with Crippen molar-refractivity contribution in [3.63, 3.8) is 0 Å². The Morgan fingerprint density at radius 3 is 2.80 bits per heavy atom. The quantitative estimate of drug-likeness (QED) is 0.621. The van der Waals surface area contributed by atoms with Crippen LogP contribution >= 0.6 is 12.2 Å². The van der Waals surface area contributed by atoms with Crippen molar-refractivity contribution in [2.24, 2.45) is 11.5 Å². The molecule has 0 aromatic rings. The highest BCUT2D eigenvalue weighted by molar-refractivity contribution is 7.80. The third kappa shape index (κ3) is 2.87. The maximum atomic E-state index is 11.2. The molecule has 1 amide bonds. The molecule has 4 N–H and O–H groups in total. The maximum Gasteiger partial charge on any atom is 0.237 e. The van der Waals surface area contributed by atoms with E-state index in [1.807, 2.05) is 11.8 Å². The second-order valence-corrected chi connectivity index (χ2v) is 4.03. The first-order valence-corrected chi connectivity index (χ1v) is 5.40. The van der Waals surface area contributed by atoms with Crippen LogP contribution in [0.25, 0.3) is 0 Å². The maximum absolute atomic E-state index is 11.2. The molecule has 0 bridgehead atoms. The van der Waals surface area contributed by atoms with Gasteiger partial charge in [-0.3, -0.25) is 9.69 Å². The molecule has 0 aromatic carbocycles. The molecule has 6 heteroatoms. The van der Waals surface area contributed by atoms with E-state index in [9.17, 15) is 4.79 Å². The Balaban J connectivity index is 2.78. The SMILES string of the molecule is CCC(C(N)=S)N1CCOCC1C(N)=O. The van der Waals surface area contributed by atoms with Gasteiger partial charge in [-0.05, 0) is 6.42 Å². The van der Waals surface area contributed by atoms with E-state index in [1.165, 1.54) is 0 Å². The molecule has 1 heterocycles. The number of nitrogens with two attached hydrogens (primary N) is 2. The van der Waals surface area contributed by atoms with Crippen molar-refractivity contribution in [2.75, 3.05) is 19.8 Å². The fourth-order valence-electron chi connectivity index (χ4n) is 1.83. The van der Waals surface area contributed by atoms with Crippen LogP contribution in [0.5, 0.6) is 0 Å². The fourth-order valence-corrected chi connectivity index (χ4v) is 2.14. The average Bonchev–Trinajstić information content (AvgIpc) is 2.18. The highest BCUT2D eigenvalue weighted by Crippen LogP contribution is 2.13. The molecule has 5 nitrogen and oxygen atoms in total. The number of thiocarbonyl (C=S) groups is 1. The summed E-state index contributed by atoms with van der Waals surface area (Å²) >= 11 is 4.98. The minimum atomic E-state index is -0.412. The number of nitrogens with zero attached hydrogens (tertiary/aromatic N) is 1. The Morgan fingerprint density at radius 2 is 2.33 bits per heavy atom. The van der Waals surface area contributed by atoms with E-state index in [0.29, 0.717) is 24.7 Å². The second-order valence-electron chi connectivity index (χ2n) is 3.56. The molecule has 0 saturated carbocycles. The molecule has 1 fully saturated rings. The van der Waals surface area contributed by atoms with Crippen molar-refractivity contribution in [2.45, 2.75) is 25.4 Å². The summed E-state index contributed by atoms with van der Waals surface area (Å²) in [6, 6.07) is -0.480. The van der Waals surface area contributed by atoms with Gasteiger partial charge in [-0.2, -0.15) is 0 Å². The normalized spacial score (nSPS) is 24.7. The monoisotopic (exact) mass is 231 g/mol. The van der Waals surface area contributed by atoms with Gasteiger partial charge in [-0.15, -0.1) is 0 Å². The third-order valence-corrected chi connectivity index (χ3v) is 2.89. The number of amides is 1. The predicted molar refractivity (Wildman–Crippen MR) is 61.4 cm³/mol. The zero-order valence-corrected chi connectivity index (χ0v) is 9.63. The van der Waals surface area contributed by atoms with Crippen molar-refractivity contribution in [1.82, 2.24) is 4.90 Å². The molecular formula is C9H17N3O2S. The number of hydrogen-bond acceptors (Lipinski definition) is 4. The minimum absolute atomic E-state index is 0.0681. The Morgan fingerprint density at radius 1 is 1.67 bits per heavy atom. The largest absolute Gasteiger partial charge is 0.392 e. The second kappa shape index (κ2) is 5.39. The Kier molecular flexibility index (Phi) is 4.44. The standard InChI is InChI=1S/C9H17N3O2S/c1-2-6(9(11)15)12-3-4-14-5-7(12)8(10)13/h6-7H,2-5H2,1H3,(H2,10,13)(H2,11,15). The molecule has 0 aliphatic carbocycles. The van der Waals surface area contributed by atoms with Crippen LogP contribution in [-0.2, 0) is 9.53 Å². The minimum Gasteiger partial charge on any atom is -0.392 e. The molecule has 2 atom stereocenters. The summed E-state index contributed by atoms with van der Waals surface area (Å²) in [5.41, 5.74) is 10.9. The molecule has 0 aromatic heterocycles. The molecule has 1 rings (SSSR count). The first-order valence-electron chi connectivity index (χ1n) is 5.00. The van der Waals surface area contributed by atoms with Crippen LogP contribution < -0.4 is 11.5 Å². The number of morpholine rings is 1. The van der Waals surface area contributed by atoms with Crippen LogP contribution in [0.1, 0.15) is 13.3 Å². The lowest BCUT2D eigenvalue weighted by Crippen LogP contribution is -2.58. The van der Waals surface area contributed by atoms with Crippen LogP contribution in [0.4, 0.5) is 0 Å². The lowest BCUT2D eigenvalue weighted by Gasteiger charge is -2.38. The van der Waals surface area contributed by atoms with Crippen LogP contribution in [0.15, 0.2) is 0 Å². The molecule has 0 spiro atoms. The molecule has 2 unspecified atom stereocenters. The zero-order valence-electron chi connectivity index (χ0n) is 8.81. The van der Waals surface area contributed by atoms with Gasteiger partial charge in [-0.1, -0.05) is 19.1 Å². The number of carbonyl (C=O) groups excluding carboxylic acids is 1. The molecule has 15 heavy (non-hydrogen) atoms. The summed E-state index contributed by atoms with van der Waals surface area (Å²) in [6.45, 7) is 3.54. The summed E-state index contributed by atoms with van der Waals surface area (Å²) in [5.74, 6) is -0.385. The van der Waals surface area contributed by atoms with Gasteiger partial charge in [0.05, 0.1) is 24.2 Å². The van der Waals surface area contributed by atoms with Crippen molar-refractivity contribution >= 4 is 23.1 Å². The van der Waals surface area contributed by atoms with E-state index in [0.717, 1.165) is 6.42 Å². The molecule has 1 aliphatic rings. The molecular weight excluding hydrogens is 214 g/mol. The van der Waals surface area contributed by atoms with Crippen molar-refractivity contribution in [3.05, 3.63) is 0 Å². The van der Waals surface area contributed by atoms with E-state index >= 15 is 0 Å². The Bertz CT molecular complexity index is 244. The van der Waals surface area contributed by atoms with Crippen LogP contribution in [-0.4, -0.2) is 47.6 Å². The van der Waals surface area contributed by atoms with Gasteiger partial charge >= 0.3 is 0 Å². The van der Waals surface area contributed by atoms with Gasteiger partial charge in [0, 0.05) is 6.54 Å². The number of ether oxygens (including phenoxy) is 1. The smallest absolute Gasteiger partial charge is 0.237 e. The lowest BCUT2D eigenvalue weighted by atomic mass is 10.1. The first-order chi connectivity index (χ1) is 7.07. The van der Waals surface area contributed by atoms with Gasteiger partial charge in [-0.25, -0.2) is 0 Å². The van der Waals surface area contributed by atoms with Crippen molar-refractivity contribution in [1.29, 1.82) is 0 Å². The topological polar surface area (TPSA) is 81.6 Å². The Hall–Kier alpha value is -0.720. The first kappa shape index (κ1) is 12.4. The Labute approximate surface area is 94.7 Å². The number of rotatable bonds is 4. The van der Waals surface area contributed by atoms with E-state index in [4.69, 9.17) is 28.4 Å². The average molecular weight is 231 g/mol. The fraction of sp³-hybridized carbons (Fsp3) is 0.778. The zero-order chi connectivity index (χ0) is 11.4.